The number of benzene rings is 1. The van der Waals surface area contributed by atoms with Gasteiger partial charge in [-0.15, -0.1) is 0 Å². The van der Waals surface area contributed by atoms with Gasteiger partial charge in [0.15, 0.2) is 0 Å². The van der Waals surface area contributed by atoms with Crippen molar-refractivity contribution in [1.29, 1.82) is 0 Å². The minimum absolute atomic E-state index is 0.784. The highest BCUT2D eigenvalue weighted by Gasteiger charge is 2.25. The molecule has 20 heavy (non-hydrogen) atoms. The van der Waals surface area contributed by atoms with Crippen LogP contribution < -0.4 is 10.1 Å². The van der Waals surface area contributed by atoms with Gasteiger partial charge < -0.3 is 10.1 Å². The van der Waals surface area contributed by atoms with Crippen LogP contribution in [-0.4, -0.2) is 37.7 Å². The second-order valence-corrected chi connectivity index (χ2v) is 5.99. The van der Waals surface area contributed by atoms with Crippen LogP contribution in [0.15, 0.2) is 24.3 Å². The first kappa shape index (κ1) is 15.3. The van der Waals surface area contributed by atoms with Crippen molar-refractivity contribution in [2.75, 3.05) is 32.8 Å². The number of ether oxygens (including phenoxy) is 1. The zero-order chi connectivity index (χ0) is 14.4. The maximum Gasteiger partial charge on any atom is 0.119 e. The Labute approximate surface area is 123 Å². The van der Waals surface area contributed by atoms with Crippen LogP contribution >= 0.6 is 0 Å². The largest absolute Gasteiger partial charge is 0.492 e. The molecule has 1 fully saturated rings. The molecule has 0 saturated carbocycles. The van der Waals surface area contributed by atoms with Crippen LogP contribution in [0.1, 0.15) is 26.3 Å². The second kappa shape index (κ2) is 7.65. The van der Waals surface area contributed by atoms with Crippen LogP contribution in [-0.2, 0) is 6.54 Å². The van der Waals surface area contributed by atoms with E-state index in [-0.39, 0.29) is 0 Å². The molecule has 1 aliphatic rings. The molecule has 112 valence electrons. The van der Waals surface area contributed by atoms with Gasteiger partial charge in [0, 0.05) is 26.2 Å². The average molecular weight is 276 g/mol. The molecule has 3 nitrogen and oxygen atoms in total. The summed E-state index contributed by atoms with van der Waals surface area (Å²) < 4.78 is 5.84. The number of hydrogen-bond acceptors (Lipinski definition) is 3. The topological polar surface area (TPSA) is 24.5 Å². The van der Waals surface area contributed by atoms with E-state index in [0.717, 1.165) is 43.8 Å². The van der Waals surface area contributed by atoms with Crippen LogP contribution in [0.4, 0.5) is 0 Å². The molecule has 1 aliphatic heterocycles. The number of nitrogens with zero attached hydrogens (tertiary/aromatic N) is 1. The zero-order valence-electron chi connectivity index (χ0n) is 13.1. The Morgan fingerprint density at radius 1 is 1.15 bits per heavy atom. The van der Waals surface area contributed by atoms with Crippen LogP contribution in [0.3, 0.4) is 0 Å². The van der Waals surface area contributed by atoms with E-state index in [2.05, 4.69) is 55.3 Å². The molecule has 0 radical (unpaired) electrons. The maximum atomic E-state index is 5.84. The minimum Gasteiger partial charge on any atom is -0.492 e. The van der Waals surface area contributed by atoms with E-state index in [1.807, 2.05) is 0 Å². The quantitative estimate of drug-likeness (QED) is 0.829. The Morgan fingerprint density at radius 3 is 2.40 bits per heavy atom. The second-order valence-electron chi connectivity index (χ2n) is 5.99. The van der Waals surface area contributed by atoms with Crippen LogP contribution in [0.25, 0.3) is 0 Å². The summed E-state index contributed by atoms with van der Waals surface area (Å²) in [7, 11) is 0. The maximum absolute atomic E-state index is 5.84. The van der Waals surface area contributed by atoms with Crippen LogP contribution in [0.2, 0.25) is 0 Å². The van der Waals surface area contributed by atoms with E-state index in [1.54, 1.807) is 0 Å². The van der Waals surface area contributed by atoms with E-state index in [1.165, 1.54) is 18.7 Å². The first-order valence-electron chi connectivity index (χ1n) is 7.84. The van der Waals surface area contributed by atoms with Crippen molar-refractivity contribution >= 4 is 0 Å². The lowest BCUT2D eigenvalue weighted by Gasteiger charge is -2.15. The SMILES string of the molecule is CCNCc1ccc(OCCN2CC(C)C(C)C2)cc1. The lowest BCUT2D eigenvalue weighted by molar-refractivity contribution is 0.232. The summed E-state index contributed by atoms with van der Waals surface area (Å²) in [6.45, 7) is 13.0. The summed E-state index contributed by atoms with van der Waals surface area (Å²) in [4.78, 5) is 2.51. The predicted molar refractivity (Wildman–Crippen MR) is 84.1 cm³/mol. The van der Waals surface area contributed by atoms with Gasteiger partial charge in [-0.2, -0.15) is 0 Å². The lowest BCUT2D eigenvalue weighted by atomic mass is 10.0. The summed E-state index contributed by atoms with van der Waals surface area (Å²) in [5, 5.41) is 3.33. The van der Waals surface area contributed by atoms with Gasteiger partial charge in [0.05, 0.1) is 0 Å². The van der Waals surface area contributed by atoms with Gasteiger partial charge in [-0.05, 0) is 36.1 Å². The van der Waals surface area contributed by atoms with E-state index < -0.39 is 0 Å². The summed E-state index contributed by atoms with van der Waals surface area (Å²) in [6, 6.07) is 8.42. The van der Waals surface area contributed by atoms with Gasteiger partial charge in [0.2, 0.25) is 0 Å². The Balaban J connectivity index is 1.69. The molecule has 0 bridgehead atoms. The van der Waals surface area contributed by atoms with Crippen molar-refractivity contribution in [2.24, 2.45) is 11.8 Å². The van der Waals surface area contributed by atoms with Crippen LogP contribution in [0.5, 0.6) is 5.75 Å². The molecule has 1 heterocycles. The monoisotopic (exact) mass is 276 g/mol. The third-order valence-corrected chi connectivity index (χ3v) is 4.24. The molecule has 3 heteroatoms. The molecule has 0 spiro atoms. The number of likely N-dealkylation sites (tertiary alicyclic amines) is 1. The standard InChI is InChI=1S/C17H28N2O/c1-4-18-11-16-5-7-17(8-6-16)20-10-9-19-12-14(2)15(3)13-19/h5-8,14-15,18H,4,9-13H2,1-3H3. The number of hydrogen-bond donors (Lipinski definition) is 1. The van der Waals surface area contributed by atoms with Crippen molar-refractivity contribution in [3.05, 3.63) is 29.8 Å². The highest BCUT2D eigenvalue weighted by molar-refractivity contribution is 5.27. The van der Waals surface area contributed by atoms with Gasteiger partial charge in [-0.1, -0.05) is 32.9 Å². The van der Waals surface area contributed by atoms with Crippen molar-refractivity contribution in [1.82, 2.24) is 10.2 Å². The summed E-state index contributed by atoms with van der Waals surface area (Å²) in [5.74, 6) is 2.62. The fraction of sp³-hybridized carbons (Fsp3) is 0.647. The first-order valence-corrected chi connectivity index (χ1v) is 7.84. The van der Waals surface area contributed by atoms with Gasteiger partial charge in [0.25, 0.3) is 0 Å². The van der Waals surface area contributed by atoms with E-state index in [4.69, 9.17) is 4.74 Å². The Morgan fingerprint density at radius 2 is 1.80 bits per heavy atom. The van der Waals surface area contributed by atoms with Crippen molar-refractivity contribution in [3.63, 3.8) is 0 Å². The highest BCUT2D eigenvalue weighted by Crippen LogP contribution is 2.21. The summed E-state index contributed by atoms with van der Waals surface area (Å²) in [6.07, 6.45) is 0. The smallest absolute Gasteiger partial charge is 0.119 e. The third-order valence-electron chi connectivity index (χ3n) is 4.24. The third kappa shape index (κ3) is 4.50. The molecule has 0 amide bonds. The fourth-order valence-electron chi connectivity index (χ4n) is 2.70. The Hall–Kier alpha value is -1.06. The minimum atomic E-state index is 0.784. The normalized spacial score (nSPS) is 23.1. The van der Waals surface area contributed by atoms with Crippen LogP contribution in [0, 0.1) is 11.8 Å². The molecule has 1 N–H and O–H groups in total. The highest BCUT2D eigenvalue weighted by atomic mass is 16.5. The van der Waals surface area contributed by atoms with Crippen molar-refractivity contribution in [2.45, 2.75) is 27.3 Å². The Kier molecular flexibility index (Phi) is 5.86. The molecular weight excluding hydrogens is 248 g/mol. The number of nitrogens with one attached hydrogen (secondary N) is 1. The van der Waals surface area contributed by atoms with Gasteiger partial charge in [-0.25, -0.2) is 0 Å². The fourth-order valence-corrected chi connectivity index (χ4v) is 2.70. The zero-order valence-corrected chi connectivity index (χ0v) is 13.1. The molecule has 1 saturated heterocycles. The molecule has 0 aromatic heterocycles. The number of rotatable bonds is 7. The van der Waals surface area contributed by atoms with Gasteiger partial charge in [-0.3, -0.25) is 4.90 Å². The first-order chi connectivity index (χ1) is 9.69. The molecule has 0 aliphatic carbocycles. The van der Waals surface area contributed by atoms with E-state index in [9.17, 15) is 0 Å². The lowest BCUT2D eigenvalue weighted by Crippen LogP contribution is -2.26. The summed E-state index contributed by atoms with van der Waals surface area (Å²) >= 11 is 0. The van der Waals surface area contributed by atoms with Gasteiger partial charge in [0.1, 0.15) is 12.4 Å². The van der Waals surface area contributed by atoms with Gasteiger partial charge >= 0.3 is 0 Å². The Bertz CT molecular complexity index is 380. The van der Waals surface area contributed by atoms with Crippen molar-refractivity contribution < 1.29 is 4.74 Å². The van der Waals surface area contributed by atoms with Crippen molar-refractivity contribution in [3.8, 4) is 5.75 Å². The van der Waals surface area contributed by atoms with E-state index >= 15 is 0 Å². The molecular formula is C17H28N2O. The van der Waals surface area contributed by atoms with E-state index in [0.29, 0.717) is 0 Å². The molecule has 2 unspecified atom stereocenters. The summed E-state index contributed by atoms with van der Waals surface area (Å²) in [5.41, 5.74) is 1.31. The molecule has 2 atom stereocenters. The molecule has 1 aromatic carbocycles. The molecule has 1 aromatic rings. The molecule has 2 rings (SSSR count). The average Bonchev–Trinajstić information content (AvgIpc) is 2.77. The predicted octanol–water partition coefficient (Wildman–Crippen LogP) is 2.76.